The number of nitrogens with one attached hydrogen (secondary N) is 1. The molecule has 4 rings (SSSR count). The summed E-state index contributed by atoms with van der Waals surface area (Å²) in [7, 11) is 0. The van der Waals surface area contributed by atoms with Gasteiger partial charge < -0.3 is 20.1 Å². The van der Waals surface area contributed by atoms with Crippen molar-refractivity contribution in [1.29, 1.82) is 0 Å². The molecule has 0 fully saturated rings. The first-order valence-electron chi connectivity index (χ1n) is 14.8. The summed E-state index contributed by atoms with van der Waals surface area (Å²) >= 11 is 0. The summed E-state index contributed by atoms with van der Waals surface area (Å²) in [6, 6.07) is 24.3. The van der Waals surface area contributed by atoms with Gasteiger partial charge in [0.2, 0.25) is 11.8 Å². The van der Waals surface area contributed by atoms with Crippen LogP contribution < -0.4 is 5.32 Å². The van der Waals surface area contributed by atoms with Crippen molar-refractivity contribution in [1.82, 2.24) is 10.2 Å². The Labute approximate surface area is 252 Å². The number of carbonyl (C=O) groups is 3. The van der Waals surface area contributed by atoms with Crippen LogP contribution in [0.5, 0.6) is 0 Å². The number of hydrogen-bond acceptors (Lipinski definition) is 5. The number of benzene rings is 3. The number of amides is 2. The van der Waals surface area contributed by atoms with Crippen LogP contribution in [0.4, 0.5) is 4.39 Å². The fraction of sp³-hybridized carbons (Fsp3) is 0.343. The number of nitrogens with zero attached hydrogens (tertiary/aromatic N) is 1. The van der Waals surface area contributed by atoms with Gasteiger partial charge in [-0.25, -0.2) is 4.39 Å². The van der Waals surface area contributed by atoms with Crippen molar-refractivity contribution >= 4 is 17.8 Å². The molecule has 0 spiro atoms. The molecule has 0 unspecified atom stereocenters. The van der Waals surface area contributed by atoms with Crippen molar-refractivity contribution in [2.45, 2.75) is 44.7 Å². The van der Waals surface area contributed by atoms with Gasteiger partial charge in [-0.3, -0.25) is 14.4 Å². The lowest BCUT2D eigenvalue weighted by molar-refractivity contribution is -0.150. The normalized spacial score (nSPS) is 20.5. The van der Waals surface area contributed by atoms with Crippen molar-refractivity contribution < 1.29 is 28.6 Å². The molecule has 8 heteroatoms. The van der Waals surface area contributed by atoms with Crippen molar-refractivity contribution in [3.63, 3.8) is 0 Å². The molecular formula is C35H39FN2O5. The topological polar surface area (TPSA) is 95.9 Å². The minimum Gasteiger partial charge on any atom is -0.463 e. The van der Waals surface area contributed by atoms with Gasteiger partial charge in [-0.2, -0.15) is 0 Å². The molecule has 43 heavy (non-hydrogen) atoms. The van der Waals surface area contributed by atoms with Gasteiger partial charge in [0, 0.05) is 19.5 Å². The number of halogens is 1. The van der Waals surface area contributed by atoms with Crippen molar-refractivity contribution in [2.24, 2.45) is 11.8 Å². The number of hydrogen-bond donors (Lipinski definition) is 2. The number of esters is 1. The minimum absolute atomic E-state index is 0.0303. The Kier molecular flexibility index (Phi) is 12.0. The number of ether oxygens (including phenoxy) is 1. The SMILES string of the molecule is O=C1N[C@@H](c2ccccc2)COC(=O)[C@H](Cc2ccc(F)cc2)CC/C=C/C[C@H]1CC(=O)N(CCO)Cc1ccccc1. The van der Waals surface area contributed by atoms with E-state index in [9.17, 15) is 23.9 Å². The lowest BCUT2D eigenvalue weighted by atomic mass is 9.94. The quantitative estimate of drug-likeness (QED) is 0.267. The first-order valence-corrected chi connectivity index (χ1v) is 14.8. The van der Waals surface area contributed by atoms with E-state index in [4.69, 9.17) is 4.74 Å². The Bertz CT molecular complexity index is 1350. The molecule has 2 amide bonds. The monoisotopic (exact) mass is 586 g/mol. The maximum absolute atomic E-state index is 13.7. The average Bonchev–Trinajstić information content (AvgIpc) is 3.03. The zero-order valence-electron chi connectivity index (χ0n) is 24.2. The molecule has 7 nitrogen and oxygen atoms in total. The zero-order valence-corrected chi connectivity index (χ0v) is 24.2. The van der Waals surface area contributed by atoms with Gasteiger partial charge in [-0.15, -0.1) is 0 Å². The maximum Gasteiger partial charge on any atom is 0.309 e. The van der Waals surface area contributed by atoms with Crippen LogP contribution in [0.25, 0.3) is 0 Å². The number of cyclic esters (lactones) is 1. The first-order chi connectivity index (χ1) is 20.9. The summed E-state index contributed by atoms with van der Waals surface area (Å²) in [6.07, 6.45) is 5.64. The van der Waals surface area contributed by atoms with Gasteiger partial charge in [0.1, 0.15) is 12.4 Å². The Hall–Kier alpha value is -4.30. The average molecular weight is 587 g/mol. The van der Waals surface area contributed by atoms with Crippen molar-refractivity contribution in [2.75, 3.05) is 19.8 Å². The molecule has 0 saturated heterocycles. The number of carbonyl (C=O) groups excluding carboxylic acids is 3. The highest BCUT2D eigenvalue weighted by Crippen LogP contribution is 2.23. The van der Waals surface area contributed by atoms with Gasteiger partial charge in [0.15, 0.2) is 0 Å². The zero-order chi connectivity index (χ0) is 30.4. The molecule has 0 aliphatic carbocycles. The van der Waals surface area contributed by atoms with Crippen LogP contribution in [0.3, 0.4) is 0 Å². The summed E-state index contributed by atoms with van der Waals surface area (Å²) in [5.41, 5.74) is 2.55. The molecule has 0 bridgehead atoms. The molecule has 2 N–H and O–H groups in total. The second-order valence-electron chi connectivity index (χ2n) is 10.8. The third kappa shape index (κ3) is 9.89. The Morgan fingerprint density at radius 1 is 0.907 bits per heavy atom. The summed E-state index contributed by atoms with van der Waals surface area (Å²) in [5, 5.41) is 12.7. The van der Waals surface area contributed by atoms with Crippen LogP contribution in [0.15, 0.2) is 97.1 Å². The van der Waals surface area contributed by atoms with E-state index in [-0.39, 0.29) is 49.8 Å². The van der Waals surface area contributed by atoms with Crippen LogP contribution in [0.1, 0.15) is 48.4 Å². The van der Waals surface area contributed by atoms with E-state index in [2.05, 4.69) is 5.32 Å². The van der Waals surface area contributed by atoms with Crippen LogP contribution in [0, 0.1) is 17.7 Å². The maximum atomic E-state index is 13.7. The van der Waals surface area contributed by atoms with Crippen LogP contribution >= 0.6 is 0 Å². The van der Waals surface area contributed by atoms with Crippen molar-refractivity contribution in [3.05, 3.63) is 120 Å². The predicted octanol–water partition coefficient (Wildman–Crippen LogP) is 5.15. The fourth-order valence-electron chi connectivity index (χ4n) is 5.20. The van der Waals surface area contributed by atoms with E-state index in [1.54, 1.807) is 17.0 Å². The number of rotatable bonds is 9. The lowest BCUT2D eigenvalue weighted by Crippen LogP contribution is -2.40. The molecule has 1 aliphatic heterocycles. The van der Waals surface area contributed by atoms with Gasteiger partial charge in [-0.05, 0) is 54.5 Å². The first kappa shape index (κ1) is 31.6. The smallest absolute Gasteiger partial charge is 0.309 e. The van der Waals surface area contributed by atoms with E-state index in [0.717, 1.165) is 16.7 Å². The Morgan fingerprint density at radius 3 is 2.30 bits per heavy atom. The largest absolute Gasteiger partial charge is 0.463 e. The van der Waals surface area contributed by atoms with E-state index < -0.39 is 17.9 Å². The Balaban J connectivity index is 1.53. The summed E-state index contributed by atoms with van der Waals surface area (Å²) in [6.45, 7) is 0.251. The van der Waals surface area contributed by atoms with Crippen LogP contribution in [-0.4, -0.2) is 47.5 Å². The fourth-order valence-corrected chi connectivity index (χ4v) is 5.20. The van der Waals surface area contributed by atoms with Gasteiger partial charge in [0.25, 0.3) is 0 Å². The highest BCUT2D eigenvalue weighted by atomic mass is 19.1. The highest BCUT2D eigenvalue weighted by molar-refractivity contribution is 5.86. The second kappa shape index (κ2) is 16.4. The highest BCUT2D eigenvalue weighted by Gasteiger charge is 2.28. The molecule has 3 atom stereocenters. The number of allylic oxidation sites excluding steroid dienone is 2. The molecule has 1 heterocycles. The molecule has 0 aromatic heterocycles. The van der Waals surface area contributed by atoms with E-state index >= 15 is 0 Å². The molecule has 1 aliphatic rings. The molecule has 3 aromatic carbocycles. The van der Waals surface area contributed by atoms with Gasteiger partial charge in [0.05, 0.1) is 24.5 Å². The molecule has 0 radical (unpaired) electrons. The molecule has 3 aromatic rings. The second-order valence-corrected chi connectivity index (χ2v) is 10.8. The number of aliphatic hydroxyl groups excluding tert-OH is 1. The molecule has 226 valence electrons. The molecule has 0 saturated carbocycles. The third-order valence-corrected chi connectivity index (χ3v) is 7.64. The lowest BCUT2D eigenvalue weighted by Gasteiger charge is -2.26. The van der Waals surface area contributed by atoms with Gasteiger partial charge >= 0.3 is 5.97 Å². The summed E-state index contributed by atoms with van der Waals surface area (Å²) in [5.74, 6) is -2.34. The van der Waals surface area contributed by atoms with Crippen LogP contribution in [-0.2, 0) is 32.1 Å². The van der Waals surface area contributed by atoms with Crippen LogP contribution in [0.2, 0.25) is 0 Å². The Morgan fingerprint density at radius 2 is 1.60 bits per heavy atom. The van der Waals surface area contributed by atoms with E-state index in [0.29, 0.717) is 32.2 Å². The number of aliphatic hydroxyl groups is 1. The van der Waals surface area contributed by atoms with E-state index in [1.165, 1.54) is 12.1 Å². The van der Waals surface area contributed by atoms with E-state index in [1.807, 2.05) is 72.8 Å². The summed E-state index contributed by atoms with van der Waals surface area (Å²) in [4.78, 5) is 41.9. The summed E-state index contributed by atoms with van der Waals surface area (Å²) < 4.78 is 19.2. The minimum atomic E-state index is -0.654. The molecular weight excluding hydrogens is 547 g/mol. The standard InChI is InChI=1S/C35H39FN2O5/c36-31-18-16-26(17-19-31)22-30-15-9-3-8-14-29(23-33(40)38(20-21-39)24-27-10-4-1-5-11-27)34(41)37-32(25-43-35(30)42)28-12-6-2-7-13-28/h1-8,10-13,16-19,29-30,32,39H,9,14-15,20-25H2,(H,37,41)/b8-3+/t29-,30-,32+/m0/s1. The van der Waals surface area contributed by atoms with Gasteiger partial charge in [-0.1, -0.05) is 84.9 Å². The third-order valence-electron chi connectivity index (χ3n) is 7.64. The predicted molar refractivity (Wildman–Crippen MR) is 162 cm³/mol. The van der Waals surface area contributed by atoms with Crippen molar-refractivity contribution in [3.8, 4) is 0 Å².